The molecule has 0 radical (unpaired) electrons. The first kappa shape index (κ1) is 11.5. The van der Waals surface area contributed by atoms with Gasteiger partial charge in [-0.05, 0) is 41.9 Å². The standard InChI is InChI=1S/C15H23N/c1-10(2)12-6-5-7-15-13(12)8-9-14(16-15)11(3)4/h5-7,10-11,14,16H,8-9H2,1-4H3. The summed E-state index contributed by atoms with van der Waals surface area (Å²) in [6, 6.07) is 7.34. The maximum Gasteiger partial charge on any atom is 0.0377 e. The molecule has 2 rings (SSSR count). The van der Waals surface area contributed by atoms with Crippen LogP contribution in [0, 0.1) is 5.92 Å². The van der Waals surface area contributed by atoms with Gasteiger partial charge in [0.2, 0.25) is 0 Å². The molecule has 0 spiro atoms. The zero-order valence-corrected chi connectivity index (χ0v) is 10.9. The molecule has 0 fully saturated rings. The van der Waals surface area contributed by atoms with E-state index in [1.54, 1.807) is 5.56 Å². The number of hydrogen-bond donors (Lipinski definition) is 1. The molecule has 0 amide bonds. The average molecular weight is 217 g/mol. The Morgan fingerprint density at radius 1 is 1.19 bits per heavy atom. The van der Waals surface area contributed by atoms with Crippen LogP contribution in [0.15, 0.2) is 18.2 Å². The van der Waals surface area contributed by atoms with Crippen LogP contribution in [0.2, 0.25) is 0 Å². The molecule has 0 aromatic heterocycles. The molecule has 1 unspecified atom stereocenters. The first-order valence-corrected chi connectivity index (χ1v) is 6.48. The first-order valence-electron chi connectivity index (χ1n) is 6.48. The number of benzene rings is 1. The van der Waals surface area contributed by atoms with Crippen molar-refractivity contribution >= 4 is 5.69 Å². The lowest BCUT2D eigenvalue weighted by Gasteiger charge is -2.31. The lowest BCUT2D eigenvalue weighted by molar-refractivity contribution is 0.481. The highest BCUT2D eigenvalue weighted by Crippen LogP contribution is 2.33. The Kier molecular flexibility index (Phi) is 3.22. The molecule has 16 heavy (non-hydrogen) atoms. The van der Waals surface area contributed by atoms with Crippen molar-refractivity contribution < 1.29 is 0 Å². The lowest BCUT2D eigenvalue weighted by atomic mass is 9.86. The van der Waals surface area contributed by atoms with E-state index in [0.29, 0.717) is 12.0 Å². The molecule has 0 saturated carbocycles. The van der Waals surface area contributed by atoms with Crippen molar-refractivity contribution in [2.45, 2.75) is 52.5 Å². The number of hydrogen-bond acceptors (Lipinski definition) is 1. The highest BCUT2D eigenvalue weighted by molar-refractivity contribution is 5.58. The number of fused-ring (bicyclic) bond motifs is 1. The topological polar surface area (TPSA) is 12.0 Å². The molecule has 1 nitrogen and oxygen atoms in total. The second kappa shape index (κ2) is 4.48. The molecule has 1 N–H and O–H groups in total. The van der Waals surface area contributed by atoms with Gasteiger partial charge in [-0.1, -0.05) is 39.8 Å². The highest BCUT2D eigenvalue weighted by Gasteiger charge is 2.22. The van der Waals surface area contributed by atoms with Crippen LogP contribution in [0.4, 0.5) is 5.69 Å². The van der Waals surface area contributed by atoms with Crippen LogP contribution in [0.25, 0.3) is 0 Å². The van der Waals surface area contributed by atoms with Gasteiger partial charge in [0.1, 0.15) is 0 Å². The Balaban J connectivity index is 2.31. The number of nitrogens with one attached hydrogen (secondary N) is 1. The molecule has 1 heterocycles. The van der Waals surface area contributed by atoms with Crippen molar-refractivity contribution in [1.29, 1.82) is 0 Å². The van der Waals surface area contributed by atoms with Crippen molar-refractivity contribution in [3.8, 4) is 0 Å². The largest absolute Gasteiger partial charge is 0.382 e. The third kappa shape index (κ3) is 2.09. The maximum absolute atomic E-state index is 3.69. The summed E-state index contributed by atoms with van der Waals surface area (Å²) in [5.74, 6) is 1.35. The summed E-state index contributed by atoms with van der Waals surface area (Å²) >= 11 is 0. The molecule has 1 aromatic rings. The second-order valence-electron chi connectivity index (χ2n) is 5.56. The Morgan fingerprint density at radius 2 is 1.94 bits per heavy atom. The summed E-state index contributed by atoms with van der Waals surface area (Å²) in [5.41, 5.74) is 4.44. The van der Waals surface area contributed by atoms with E-state index in [0.717, 1.165) is 5.92 Å². The zero-order valence-electron chi connectivity index (χ0n) is 10.9. The van der Waals surface area contributed by atoms with E-state index in [2.05, 4.69) is 51.2 Å². The fourth-order valence-corrected chi connectivity index (χ4v) is 2.63. The minimum atomic E-state index is 0.632. The van der Waals surface area contributed by atoms with Crippen molar-refractivity contribution in [3.05, 3.63) is 29.3 Å². The van der Waals surface area contributed by atoms with Crippen LogP contribution in [0.1, 0.15) is 51.2 Å². The smallest absolute Gasteiger partial charge is 0.0377 e. The third-order valence-corrected chi connectivity index (χ3v) is 3.69. The van der Waals surface area contributed by atoms with Gasteiger partial charge in [0.15, 0.2) is 0 Å². The van der Waals surface area contributed by atoms with E-state index < -0.39 is 0 Å². The van der Waals surface area contributed by atoms with Crippen LogP contribution < -0.4 is 5.32 Å². The van der Waals surface area contributed by atoms with Gasteiger partial charge in [-0.15, -0.1) is 0 Å². The Hall–Kier alpha value is -0.980. The molecule has 0 saturated heterocycles. The summed E-state index contributed by atoms with van der Waals surface area (Å²) in [7, 11) is 0. The SMILES string of the molecule is CC(C)c1cccc2c1CCC(C(C)C)N2. The fraction of sp³-hybridized carbons (Fsp3) is 0.600. The van der Waals surface area contributed by atoms with Gasteiger partial charge in [-0.2, -0.15) is 0 Å². The van der Waals surface area contributed by atoms with E-state index in [4.69, 9.17) is 0 Å². The maximum atomic E-state index is 3.69. The van der Waals surface area contributed by atoms with Crippen LogP contribution in [-0.2, 0) is 6.42 Å². The van der Waals surface area contributed by atoms with Crippen LogP contribution >= 0.6 is 0 Å². The lowest BCUT2D eigenvalue weighted by Crippen LogP contribution is -2.30. The molecule has 88 valence electrons. The van der Waals surface area contributed by atoms with Gasteiger partial charge in [-0.3, -0.25) is 0 Å². The fourth-order valence-electron chi connectivity index (χ4n) is 2.63. The Bertz CT molecular complexity index is 366. The summed E-state index contributed by atoms with van der Waals surface area (Å²) in [6.45, 7) is 9.16. The van der Waals surface area contributed by atoms with Gasteiger partial charge in [-0.25, -0.2) is 0 Å². The number of anilines is 1. The molecule has 1 aromatic carbocycles. The molecule has 1 aliphatic rings. The van der Waals surface area contributed by atoms with Crippen molar-refractivity contribution in [2.24, 2.45) is 5.92 Å². The van der Waals surface area contributed by atoms with E-state index in [-0.39, 0.29) is 0 Å². The van der Waals surface area contributed by atoms with Crippen molar-refractivity contribution in [2.75, 3.05) is 5.32 Å². The summed E-state index contributed by atoms with van der Waals surface area (Å²) in [5, 5.41) is 3.69. The molecule has 1 atom stereocenters. The summed E-state index contributed by atoms with van der Waals surface area (Å²) < 4.78 is 0. The van der Waals surface area contributed by atoms with Crippen molar-refractivity contribution in [3.63, 3.8) is 0 Å². The molecule has 0 bridgehead atoms. The second-order valence-corrected chi connectivity index (χ2v) is 5.56. The van der Waals surface area contributed by atoms with Gasteiger partial charge < -0.3 is 5.32 Å². The van der Waals surface area contributed by atoms with E-state index in [1.807, 2.05) is 0 Å². The Labute approximate surface area is 99.3 Å². The molecule has 1 heteroatoms. The van der Waals surface area contributed by atoms with Crippen molar-refractivity contribution in [1.82, 2.24) is 0 Å². The first-order chi connectivity index (χ1) is 7.59. The van der Waals surface area contributed by atoms with E-state index >= 15 is 0 Å². The number of rotatable bonds is 2. The monoisotopic (exact) mass is 217 g/mol. The third-order valence-electron chi connectivity index (χ3n) is 3.69. The molecule has 0 aliphatic carbocycles. The zero-order chi connectivity index (χ0) is 11.7. The van der Waals surface area contributed by atoms with Gasteiger partial charge in [0.05, 0.1) is 0 Å². The molecular weight excluding hydrogens is 194 g/mol. The predicted molar refractivity (Wildman–Crippen MR) is 71.1 cm³/mol. The predicted octanol–water partition coefficient (Wildman–Crippen LogP) is 4.19. The quantitative estimate of drug-likeness (QED) is 0.783. The Morgan fingerprint density at radius 3 is 2.56 bits per heavy atom. The average Bonchev–Trinajstić information content (AvgIpc) is 2.27. The van der Waals surface area contributed by atoms with E-state index in [1.165, 1.54) is 24.1 Å². The highest BCUT2D eigenvalue weighted by atomic mass is 14.9. The van der Waals surface area contributed by atoms with Gasteiger partial charge in [0, 0.05) is 11.7 Å². The van der Waals surface area contributed by atoms with Crippen LogP contribution in [-0.4, -0.2) is 6.04 Å². The van der Waals surface area contributed by atoms with Gasteiger partial charge >= 0.3 is 0 Å². The normalized spacial score (nSPS) is 19.8. The minimum Gasteiger partial charge on any atom is -0.382 e. The molecular formula is C15H23N. The van der Waals surface area contributed by atoms with Crippen LogP contribution in [0.5, 0.6) is 0 Å². The van der Waals surface area contributed by atoms with Crippen LogP contribution in [0.3, 0.4) is 0 Å². The summed E-state index contributed by atoms with van der Waals surface area (Å²) in [4.78, 5) is 0. The molecule has 1 aliphatic heterocycles. The van der Waals surface area contributed by atoms with Gasteiger partial charge in [0.25, 0.3) is 0 Å². The minimum absolute atomic E-state index is 0.632. The summed E-state index contributed by atoms with van der Waals surface area (Å²) in [6.07, 6.45) is 2.51. The van der Waals surface area contributed by atoms with E-state index in [9.17, 15) is 0 Å².